The zero-order chi connectivity index (χ0) is 13.9. The Labute approximate surface area is 114 Å². The summed E-state index contributed by atoms with van der Waals surface area (Å²) in [6.07, 6.45) is 5.49. The van der Waals surface area contributed by atoms with Crippen molar-refractivity contribution in [1.82, 2.24) is 0 Å². The molecule has 0 atom stereocenters. The number of aryl methyl sites for hydroxylation is 1. The van der Waals surface area contributed by atoms with Crippen LogP contribution in [0.4, 0.5) is 0 Å². The summed E-state index contributed by atoms with van der Waals surface area (Å²) >= 11 is 0. The molecule has 1 N–H and O–H groups in total. The molecule has 2 rings (SSSR count). The average molecular weight is 262 g/mol. The zero-order valence-electron chi connectivity index (χ0n) is 11.7. The molecule has 104 valence electrons. The minimum absolute atomic E-state index is 0.681. The minimum Gasteiger partial charge on any atom is -0.496 e. The van der Waals surface area contributed by atoms with Crippen molar-refractivity contribution in [3.05, 3.63) is 29.3 Å². The first-order chi connectivity index (χ1) is 9.14. The SMILES string of the molecule is CCc1cc(C2(C(=O)O)CCCCC2)ccc1OC. The summed E-state index contributed by atoms with van der Waals surface area (Å²) in [4.78, 5) is 11.8. The van der Waals surface area contributed by atoms with Crippen molar-refractivity contribution in [2.24, 2.45) is 0 Å². The van der Waals surface area contributed by atoms with Crippen LogP contribution in [0.1, 0.15) is 50.2 Å². The van der Waals surface area contributed by atoms with Gasteiger partial charge in [0.2, 0.25) is 0 Å². The molecule has 1 aromatic carbocycles. The van der Waals surface area contributed by atoms with E-state index in [1.165, 1.54) is 0 Å². The molecule has 3 heteroatoms. The molecule has 0 radical (unpaired) electrons. The largest absolute Gasteiger partial charge is 0.496 e. The summed E-state index contributed by atoms with van der Waals surface area (Å²) in [6, 6.07) is 5.86. The second-order valence-electron chi connectivity index (χ2n) is 5.33. The van der Waals surface area contributed by atoms with Crippen molar-refractivity contribution in [1.29, 1.82) is 0 Å². The summed E-state index contributed by atoms with van der Waals surface area (Å²) in [5.41, 5.74) is 1.34. The molecule has 0 unspecified atom stereocenters. The van der Waals surface area contributed by atoms with E-state index < -0.39 is 11.4 Å². The van der Waals surface area contributed by atoms with Crippen LogP contribution in [0.3, 0.4) is 0 Å². The molecule has 0 aromatic heterocycles. The van der Waals surface area contributed by atoms with Crippen LogP contribution in [0, 0.1) is 0 Å². The Morgan fingerprint density at radius 3 is 2.53 bits per heavy atom. The normalized spacial score (nSPS) is 18.0. The number of methoxy groups -OCH3 is 1. The van der Waals surface area contributed by atoms with Crippen molar-refractivity contribution >= 4 is 5.97 Å². The van der Waals surface area contributed by atoms with E-state index in [0.717, 1.165) is 55.4 Å². The molecule has 0 spiro atoms. The Bertz CT molecular complexity index is 459. The molecule has 0 saturated heterocycles. The number of carboxylic acids is 1. The lowest BCUT2D eigenvalue weighted by Crippen LogP contribution is -2.37. The molecular weight excluding hydrogens is 240 g/mol. The summed E-state index contributed by atoms with van der Waals surface area (Å²) in [5.74, 6) is 0.169. The van der Waals surface area contributed by atoms with E-state index in [2.05, 4.69) is 6.92 Å². The van der Waals surface area contributed by atoms with Gasteiger partial charge in [0.25, 0.3) is 0 Å². The predicted molar refractivity (Wildman–Crippen MR) is 74.8 cm³/mol. The smallest absolute Gasteiger partial charge is 0.314 e. The van der Waals surface area contributed by atoms with Crippen molar-refractivity contribution in [3.8, 4) is 5.75 Å². The first-order valence-corrected chi connectivity index (χ1v) is 7.05. The van der Waals surface area contributed by atoms with E-state index in [-0.39, 0.29) is 0 Å². The molecule has 0 bridgehead atoms. The Balaban J connectivity index is 2.45. The van der Waals surface area contributed by atoms with Gasteiger partial charge in [0.15, 0.2) is 0 Å². The molecule has 1 saturated carbocycles. The van der Waals surface area contributed by atoms with Gasteiger partial charge in [0, 0.05) is 0 Å². The highest BCUT2D eigenvalue weighted by Crippen LogP contribution is 2.41. The fourth-order valence-corrected chi connectivity index (χ4v) is 3.13. The van der Waals surface area contributed by atoms with Crippen LogP contribution in [-0.4, -0.2) is 18.2 Å². The fourth-order valence-electron chi connectivity index (χ4n) is 3.13. The summed E-state index contributed by atoms with van der Waals surface area (Å²) < 4.78 is 5.32. The second kappa shape index (κ2) is 5.64. The van der Waals surface area contributed by atoms with Gasteiger partial charge in [-0.3, -0.25) is 4.79 Å². The molecule has 1 aromatic rings. The number of rotatable bonds is 4. The molecule has 1 aliphatic carbocycles. The number of ether oxygens (including phenoxy) is 1. The number of hydrogen-bond donors (Lipinski definition) is 1. The fraction of sp³-hybridized carbons (Fsp3) is 0.562. The van der Waals surface area contributed by atoms with Crippen LogP contribution in [0.25, 0.3) is 0 Å². The van der Waals surface area contributed by atoms with Crippen molar-refractivity contribution in [2.45, 2.75) is 50.9 Å². The van der Waals surface area contributed by atoms with Gasteiger partial charge in [-0.1, -0.05) is 38.3 Å². The highest BCUT2D eigenvalue weighted by atomic mass is 16.5. The van der Waals surface area contributed by atoms with Gasteiger partial charge in [-0.15, -0.1) is 0 Å². The maximum atomic E-state index is 11.8. The first-order valence-electron chi connectivity index (χ1n) is 7.05. The summed E-state index contributed by atoms with van der Waals surface area (Å²) in [6.45, 7) is 2.07. The first kappa shape index (κ1) is 13.9. The van der Waals surface area contributed by atoms with Crippen LogP contribution in [0.2, 0.25) is 0 Å². The lowest BCUT2D eigenvalue weighted by Gasteiger charge is -2.34. The third-order valence-electron chi connectivity index (χ3n) is 4.33. The van der Waals surface area contributed by atoms with E-state index in [1.807, 2.05) is 18.2 Å². The van der Waals surface area contributed by atoms with E-state index in [9.17, 15) is 9.90 Å². The van der Waals surface area contributed by atoms with Crippen molar-refractivity contribution in [3.63, 3.8) is 0 Å². The van der Waals surface area contributed by atoms with Crippen LogP contribution < -0.4 is 4.74 Å². The molecule has 0 amide bonds. The number of hydrogen-bond acceptors (Lipinski definition) is 2. The van der Waals surface area contributed by atoms with E-state index >= 15 is 0 Å². The molecule has 19 heavy (non-hydrogen) atoms. The zero-order valence-corrected chi connectivity index (χ0v) is 11.7. The highest BCUT2D eigenvalue weighted by Gasteiger charge is 2.41. The third kappa shape index (κ3) is 2.46. The molecular formula is C16H22O3. The van der Waals surface area contributed by atoms with Crippen LogP contribution in [-0.2, 0) is 16.6 Å². The maximum absolute atomic E-state index is 11.8. The molecule has 1 aliphatic rings. The summed E-state index contributed by atoms with van der Waals surface area (Å²) in [7, 11) is 1.65. The maximum Gasteiger partial charge on any atom is 0.314 e. The number of aliphatic carboxylic acids is 1. The lowest BCUT2D eigenvalue weighted by atomic mass is 9.69. The van der Waals surface area contributed by atoms with Gasteiger partial charge >= 0.3 is 5.97 Å². The van der Waals surface area contributed by atoms with Crippen LogP contribution >= 0.6 is 0 Å². The monoisotopic (exact) mass is 262 g/mol. The van der Waals surface area contributed by atoms with Crippen LogP contribution in [0.15, 0.2) is 18.2 Å². The van der Waals surface area contributed by atoms with Gasteiger partial charge in [-0.05, 0) is 36.5 Å². The van der Waals surface area contributed by atoms with E-state index in [1.54, 1.807) is 7.11 Å². The lowest BCUT2D eigenvalue weighted by molar-refractivity contribution is -0.145. The van der Waals surface area contributed by atoms with Crippen LogP contribution in [0.5, 0.6) is 5.75 Å². The Morgan fingerprint density at radius 1 is 1.32 bits per heavy atom. The van der Waals surface area contributed by atoms with Gasteiger partial charge in [0.05, 0.1) is 12.5 Å². The molecule has 0 aliphatic heterocycles. The summed E-state index contributed by atoms with van der Waals surface area (Å²) in [5, 5.41) is 9.70. The highest BCUT2D eigenvalue weighted by molar-refractivity contribution is 5.81. The Morgan fingerprint density at radius 2 is 2.00 bits per heavy atom. The van der Waals surface area contributed by atoms with Gasteiger partial charge in [0.1, 0.15) is 5.75 Å². The van der Waals surface area contributed by atoms with Crippen molar-refractivity contribution in [2.75, 3.05) is 7.11 Å². The number of benzene rings is 1. The quantitative estimate of drug-likeness (QED) is 0.902. The molecule has 0 heterocycles. The third-order valence-corrected chi connectivity index (χ3v) is 4.33. The minimum atomic E-state index is -0.686. The Kier molecular flexibility index (Phi) is 4.13. The number of carbonyl (C=O) groups is 1. The predicted octanol–water partition coefficient (Wildman–Crippen LogP) is 3.54. The standard InChI is InChI=1S/C16H22O3/c1-3-12-11-13(7-8-14(12)19-2)16(15(17)18)9-5-4-6-10-16/h7-8,11H,3-6,9-10H2,1-2H3,(H,17,18). The topological polar surface area (TPSA) is 46.5 Å². The molecule has 3 nitrogen and oxygen atoms in total. The number of carboxylic acid groups (broad SMARTS) is 1. The van der Waals surface area contributed by atoms with Gasteiger partial charge in [-0.25, -0.2) is 0 Å². The Hall–Kier alpha value is -1.51. The van der Waals surface area contributed by atoms with Crippen molar-refractivity contribution < 1.29 is 14.6 Å². The van der Waals surface area contributed by atoms with E-state index in [4.69, 9.17) is 4.74 Å². The van der Waals surface area contributed by atoms with E-state index in [0.29, 0.717) is 0 Å². The van der Waals surface area contributed by atoms with Gasteiger partial charge < -0.3 is 9.84 Å². The average Bonchev–Trinajstić information content (AvgIpc) is 2.47. The molecule has 1 fully saturated rings. The van der Waals surface area contributed by atoms with Gasteiger partial charge in [-0.2, -0.15) is 0 Å². The second-order valence-corrected chi connectivity index (χ2v) is 5.33.